The minimum absolute atomic E-state index is 0.0141. The van der Waals surface area contributed by atoms with Crippen molar-refractivity contribution in [2.75, 3.05) is 13.2 Å². The van der Waals surface area contributed by atoms with Gasteiger partial charge in [-0.2, -0.15) is 0 Å². The smallest absolute Gasteiger partial charge is 0.325 e. The van der Waals surface area contributed by atoms with Crippen molar-refractivity contribution in [3.8, 4) is 5.75 Å². The van der Waals surface area contributed by atoms with Gasteiger partial charge < -0.3 is 15.2 Å². The van der Waals surface area contributed by atoms with E-state index >= 15 is 0 Å². The summed E-state index contributed by atoms with van der Waals surface area (Å²) in [5.41, 5.74) is 2.85. The molecule has 1 fully saturated rings. The quantitative estimate of drug-likeness (QED) is 0.683. The summed E-state index contributed by atoms with van der Waals surface area (Å²) >= 11 is 0. The second kappa shape index (κ2) is 8.48. The first-order chi connectivity index (χ1) is 14.1. The Morgan fingerprint density at radius 1 is 1.07 bits per heavy atom. The molecule has 1 aliphatic heterocycles. The van der Waals surface area contributed by atoms with Crippen LogP contribution in [0.15, 0.2) is 42.5 Å². The van der Waals surface area contributed by atoms with Crippen LogP contribution in [0.4, 0.5) is 4.79 Å². The number of aliphatic hydroxyl groups excluding tert-OH is 1. The Bertz CT molecular complexity index is 918. The number of rotatable bonds is 7. The van der Waals surface area contributed by atoms with E-state index in [4.69, 9.17) is 4.74 Å². The fraction of sp³-hybridized carbons (Fsp3) is 0.417. The maximum Gasteiger partial charge on any atom is 0.325 e. The van der Waals surface area contributed by atoms with Crippen LogP contribution < -0.4 is 10.1 Å². The molecule has 0 bridgehead atoms. The van der Waals surface area contributed by atoms with Gasteiger partial charge in [-0.3, -0.25) is 9.69 Å². The summed E-state index contributed by atoms with van der Waals surface area (Å²) in [6, 6.07) is 13.0. The fourth-order valence-corrected chi connectivity index (χ4v) is 3.73. The Kier molecular flexibility index (Phi) is 6.17. The van der Waals surface area contributed by atoms with E-state index in [-0.39, 0.29) is 19.1 Å². The lowest BCUT2D eigenvalue weighted by Crippen LogP contribution is -2.42. The summed E-state index contributed by atoms with van der Waals surface area (Å²) in [6.45, 7) is 9.69. The van der Waals surface area contributed by atoms with Gasteiger partial charge in [-0.1, -0.05) is 44.2 Å². The van der Waals surface area contributed by atoms with Crippen molar-refractivity contribution in [2.45, 2.75) is 52.2 Å². The third-order valence-corrected chi connectivity index (χ3v) is 5.46. The van der Waals surface area contributed by atoms with Crippen molar-refractivity contribution in [2.24, 2.45) is 0 Å². The largest absolute Gasteiger partial charge is 0.491 e. The van der Waals surface area contributed by atoms with Crippen LogP contribution in [-0.4, -0.2) is 41.2 Å². The number of hydrogen-bond acceptors (Lipinski definition) is 4. The number of urea groups is 1. The number of imide groups is 1. The third-order valence-electron chi connectivity index (χ3n) is 5.46. The Morgan fingerprint density at radius 2 is 1.67 bits per heavy atom. The van der Waals surface area contributed by atoms with Crippen molar-refractivity contribution in [1.29, 1.82) is 0 Å². The molecule has 0 spiro atoms. The Hall–Kier alpha value is -2.86. The number of nitrogens with one attached hydrogen (secondary N) is 1. The average Bonchev–Trinajstić information content (AvgIpc) is 2.90. The predicted molar refractivity (Wildman–Crippen MR) is 116 cm³/mol. The monoisotopic (exact) mass is 410 g/mol. The van der Waals surface area contributed by atoms with Crippen LogP contribution in [0, 0.1) is 13.8 Å². The molecule has 2 aromatic carbocycles. The van der Waals surface area contributed by atoms with Crippen LogP contribution >= 0.6 is 0 Å². The normalized spacial score (nSPS) is 19.9. The van der Waals surface area contributed by atoms with Crippen molar-refractivity contribution in [3.63, 3.8) is 0 Å². The molecule has 1 saturated heterocycles. The first-order valence-electron chi connectivity index (χ1n) is 10.2. The van der Waals surface area contributed by atoms with Gasteiger partial charge in [-0.25, -0.2) is 4.79 Å². The molecular formula is C24H30N2O4. The molecule has 2 atom stereocenters. The van der Waals surface area contributed by atoms with E-state index in [9.17, 15) is 14.7 Å². The molecule has 30 heavy (non-hydrogen) atoms. The number of ether oxygens (including phenoxy) is 1. The van der Waals surface area contributed by atoms with Gasteiger partial charge in [0.15, 0.2) is 0 Å². The van der Waals surface area contributed by atoms with Gasteiger partial charge in [0.05, 0.1) is 6.54 Å². The highest BCUT2D eigenvalue weighted by Crippen LogP contribution is 2.30. The fourth-order valence-electron chi connectivity index (χ4n) is 3.73. The van der Waals surface area contributed by atoms with Crippen molar-refractivity contribution in [1.82, 2.24) is 10.2 Å². The SMILES string of the molecule is Cc1cc(C)cc(OC[C@H](O)CN2C(=O)N[C@](C)(c3ccc(C(C)C)cc3)C2=O)c1. The molecule has 3 amide bonds. The number of aryl methyl sites for hydroxylation is 2. The van der Waals surface area contributed by atoms with Gasteiger partial charge in [0.2, 0.25) is 0 Å². The lowest BCUT2D eigenvalue weighted by Gasteiger charge is -2.23. The van der Waals surface area contributed by atoms with Gasteiger partial charge >= 0.3 is 6.03 Å². The lowest BCUT2D eigenvalue weighted by molar-refractivity contribution is -0.132. The molecule has 0 unspecified atom stereocenters. The van der Waals surface area contributed by atoms with E-state index in [0.29, 0.717) is 17.2 Å². The molecule has 0 radical (unpaired) electrons. The maximum absolute atomic E-state index is 13.0. The molecule has 2 aromatic rings. The Balaban J connectivity index is 1.66. The van der Waals surface area contributed by atoms with Gasteiger partial charge in [0.1, 0.15) is 24.0 Å². The van der Waals surface area contributed by atoms with Crippen LogP contribution in [-0.2, 0) is 10.3 Å². The Labute approximate surface area is 177 Å². The summed E-state index contributed by atoms with van der Waals surface area (Å²) < 4.78 is 5.66. The summed E-state index contributed by atoms with van der Waals surface area (Å²) in [7, 11) is 0. The minimum atomic E-state index is -1.15. The summed E-state index contributed by atoms with van der Waals surface area (Å²) in [5, 5.41) is 13.2. The molecule has 2 N–H and O–H groups in total. The zero-order chi connectivity index (χ0) is 22.1. The molecule has 0 saturated carbocycles. The second-order valence-electron chi connectivity index (χ2n) is 8.54. The highest BCUT2D eigenvalue weighted by molar-refractivity contribution is 6.07. The highest BCUT2D eigenvalue weighted by atomic mass is 16.5. The van der Waals surface area contributed by atoms with Crippen LogP contribution in [0.5, 0.6) is 5.75 Å². The zero-order valence-electron chi connectivity index (χ0n) is 18.2. The summed E-state index contributed by atoms with van der Waals surface area (Å²) in [5.74, 6) is 0.652. The number of hydrogen-bond donors (Lipinski definition) is 2. The van der Waals surface area contributed by atoms with Crippen molar-refractivity contribution >= 4 is 11.9 Å². The van der Waals surface area contributed by atoms with E-state index in [1.54, 1.807) is 6.92 Å². The molecule has 0 aliphatic carbocycles. The molecule has 1 heterocycles. The molecule has 6 nitrogen and oxygen atoms in total. The molecule has 1 aliphatic rings. The number of β-amino-alcohol motifs (C(OH)–C–C–N with tert-alkyl or cyclic N) is 1. The number of amides is 3. The third kappa shape index (κ3) is 4.49. The van der Waals surface area contributed by atoms with Gasteiger partial charge in [-0.05, 0) is 61.1 Å². The van der Waals surface area contributed by atoms with E-state index in [0.717, 1.165) is 21.6 Å². The summed E-state index contributed by atoms with van der Waals surface area (Å²) in [4.78, 5) is 26.6. The molecule has 6 heteroatoms. The van der Waals surface area contributed by atoms with Crippen LogP contribution in [0.1, 0.15) is 48.9 Å². The number of benzene rings is 2. The lowest BCUT2D eigenvalue weighted by atomic mass is 9.90. The maximum atomic E-state index is 13.0. The first kappa shape index (κ1) is 21.8. The van der Waals surface area contributed by atoms with E-state index < -0.39 is 17.7 Å². The Morgan fingerprint density at radius 3 is 2.23 bits per heavy atom. The minimum Gasteiger partial charge on any atom is -0.491 e. The van der Waals surface area contributed by atoms with E-state index in [2.05, 4.69) is 19.2 Å². The van der Waals surface area contributed by atoms with E-state index in [1.165, 1.54) is 0 Å². The van der Waals surface area contributed by atoms with Crippen LogP contribution in [0.3, 0.4) is 0 Å². The van der Waals surface area contributed by atoms with Crippen molar-refractivity contribution in [3.05, 3.63) is 64.7 Å². The molecule has 160 valence electrons. The highest BCUT2D eigenvalue weighted by Gasteiger charge is 2.49. The number of carbonyl (C=O) groups is 2. The van der Waals surface area contributed by atoms with Crippen LogP contribution in [0.25, 0.3) is 0 Å². The second-order valence-corrected chi connectivity index (χ2v) is 8.54. The predicted octanol–water partition coefficient (Wildman–Crippen LogP) is 3.63. The topological polar surface area (TPSA) is 78.9 Å². The van der Waals surface area contributed by atoms with Gasteiger partial charge in [0, 0.05) is 0 Å². The summed E-state index contributed by atoms with van der Waals surface area (Å²) in [6.07, 6.45) is -0.994. The first-order valence-corrected chi connectivity index (χ1v) is 10.2. The van der Waals surface area contributed by atoms with E-state index in [1.807, 2.05) is 56.3 Å². The number of aliphatic hydroxyl groups is 1. The molecule has 3 rings (SSSR count). The van der Waals surface area contributed by atoms with Crippen LogP contribution in [0.2, 0.25) is 0 Å². The van der Waals surface area contributed by atoms with Gasteiger partial charge in [0.25, 0.3) is 5.91 Å². The number of carbonyl (C=O) groups excluding carboxylic acids is 2. The number of nitrogens with zero attached hydrogens (tertiary/aromatic N) is 1. The molecular weight excluding hydrogens is 380 g/mol. The average molecular weight is 411 g/mol. The molecule has 0 aromatic heterocycles. The van der Waals surface area contributed by atoms with Gasteiger partial charge in [-0.15, -0.1) is 0 Å². The van der Waals surface area contributed by atoms with Crippen molar-refractivity contribution < 1.29 is 19.4 Å². The standard InChI is InChI=1S/C24H30N2O4/c1-15(2)18-6-8-19(9-7-18)24(5)22(28)26(23(29)25-24)13-20(27)14-30-21-11-16(3)10-17(4)12-21/h6-12,15,20,27H,13-14H2,1-5H3,(H,25,29)/t20-,24-/m1/s1. The zero-order valence-corrected chi connectivity index (χ0v) is 18.2.